The molecule has 1 aromatic carbocycles. The molecule has 0 saturated heterocycles. The van der Waals surface area contributed by atoms with Gasteiger partial charge in [0.15, 0.2) is 0 Å². The average molecular weight is 265 g/mol. The second-order valence-corrected chi connectivity index (χ2v) is 4.17. The fourth-order valence-corrected chi connectivity index (χ4v) is 1.58. The Morgan fingerprint density at radius 1 is 1.32 bits per heavy atom. The first kappa shape index (κ1) is 15.0. The third kappa shape index (κ3) is 5.42. The van der Waals surface area contributed by atoms with Crippen LogP contribution in [0.2, 0.25) is 0 Å². The van der Waals surface area contributed by atoms with Crippen LogP contribution in [-0.4, -0.2) is 30.3 Å². The summed E-state index contributed by atoms with van der Waals surface area (Å²) in [5.41, 5.74) is 0.656. The van der Waals surface area contributed by atoms with Gasteiger partial charge in [-0.15, -0.1) is 0 Å². The van der Waals surface area contributed by atoms with Crippen molar-refractivity contribution in [1.29, 1.82) is 0 Å². The molecule has 5 nitrogen and oxygen atoms in total. The molecule has 0 aliphatic carbocycles. The smallest absolute Gasteiger partial charge is 0.407 e. The molecule has 1 atom stereocenters. The number of alkyl carbamates (subject to hydrolysis) is 1. The molecule has 0 fully saturated rings. The lowest BCUT2D eigenvalue weighted by Crippen LogP contribution is -2.32. The molecule has 0 bridgehead atoms. The summed E-state index contributed by atoms with van der Waals surface area (Å²) in [4.78, 5) is 22.5. The molecule has 1 aromatic rings. The van der Waals surface area contributed by atoms with Crippen molar-refractivity contribution in [2.75, 3.05) is 13.2 Å². The van der Waals surface area contributed by atoms with Crippen LogP contribution in [0.1, 0.15) is 31.2 Å². The molecule has 0 saturated carbocycles. The van der Waals surface area contributed by atoms with Crippen molar-refractivity contribution < 1.29 is 19.4 Å². The summed E-state index contributed by atoms with van der Waals surface area (Å²) in [6, 6.07) is 8.80. The predicted molar refractivity (Wildman–Crippen MR) is 71.1 cm³/mol. The Bertz CT molecular complexity index is 405. The number of carboxylic acids is 1. The van der Waals surface area contributed by atoms with Crippen LogP contribution in [0.5, 0.6) is 0 Å². The Hall–Kier alpha value is -2.04. The molecule has 104 valence electrons. The zero-order chi connectivity index (χ0) is 14.1. The lowest BCUT2D eigenvalue weighted by atomic mass is 9.99. The highest BCUT2D eigenvalue weighted by Crippen LogP contribution is 2.14. The summed E-state index contributed by atoms with van der Waals surface area (Å²) in [6.45, 7) is 2.37. The van der Waals surface area contributed by atoms with Gasteiger partial charge >= 0.3 is 12.1 Å². The van der Waals surface area contributed by atoms with E-state index in [1.807, 2.05) is 13.0 Å². The maximum absolute atomic E-state index is 11.3. The van der Waals surface area contributed by atoms with Gasteiger partial charge < -0.3 is 15.2 Å². The maximum atomic E-state index is 11.3. The fourth-order valence-electron chi connectivity index (χ4n) is 1.58. The normalized spacial score (nSPS) is 11.6. The van der Waals surface area contributed by atoms with Crippen molar-refractivity contribution in [1.82, 2.24) is 5.32 Å². The molecule has 0 aromatic heterocycles. The highest BCUT2D eigenvalue weighted by Gasteiger charge is 2.20. The zero-order valence-electron chi connectivity index (χ0n) is 11.0. The number of amides is 1. The van der Waals surface area contributed by atoms with Crippen molar-refractivity contribution >= 4 is 12.1 Å². The van der Waals surface area contributed by atoms with Gasteiger partial charge in [-0.1, -0.05) is 43.7 Å². The van der Waals surface area contributed by atoms with Crippen LogP contribution in [0.25, 0.3) is 0 Å². The molecule has 1 rings (SSSR count). The van der Waals surface area contributed by atoms with Crippen LogP contribution in [-0.2, 0) is 9.53 Å². The summed E-state index contributed by atoms with van der Waals surface area (Å²) in [5.74, 6) is -1.74. The molecular weight excluding hydrogens is 246 g/mol. The van der Waals surface area contributed by atoms with Gasteiger partial charge in [0, 0.05) is 6.54 Å². The van der Waals surface area contributed by atoms with Gasteiger partial charge in [0.05, 0.1) is 12.5 Å². The van der Waals surface area contributed by atoms with E-state index in [1.165, 1.54) is 0 Å². The van der Waals surface area contributed by atoms with Crippen LogP contribution in [0.3, 0.4) is 0 Å². The summed E-state index contributed by atoms with van der Waals surface area (Å²) in [5, 5.41) is 11.6. The summed E-state index contributed by atoms with van der Waals surface area (Å²) < 4.78 is 4.91. The predicted octanol–water partition coefficient (Wildman–Crippen LogP) is 2.38. The lowest BCUT2D eigenvalue weighted by molar-refractivity contribution is -0.138. The molecule has 0 spiro atoms. The second-order valence-electron chi connectivity index (χ2n) is 4.17. The van der Waals surface area contributed by atoms with Crippen LogP contribution in [0.15, 0.2) is 30.3 Å². The first-order chi connectivity index (χ1) is 9.15. The third-order valence-corrected chi connectivity index (χ3v) is 2.68. The Kier molecular flexibility index (Phi) is 6.43. The minimum atomic E-state index is -0.972. The lowest BCUT2D eigenvalue weighted by Gasteiger charge is -2.13. The van der Waals surface area contributed by atoms with E-state index in [9.17, 15) is 9.59 Å². The second kappa shape index (κ2) is 8.13. The molecule has 5 heteroatoms. The van der Waals surface area contributed by atoms with Gasteiger partial charge in [0.1, 0.15) is 0 Å². The van der Waals surface area contributed by atoms with E-state index in [0.29, 0.717) is 12.2 Å². The molecule has 0 heterocycles. The average Bonchev–Trinajstić information content (AvgIpc) is 2.40. The van der Waals surface area contributed by atoms with Gasteiger partial charge in [-0.05, 0) is 12.0 Å². The highest BCUT2D eigenvalue weighted by atomic mass is 16.5. The number of benzene rings is 1. The minimum Gasteiger partial charge on any atom is -0.481 e. The minimum absolute atomic E-state index is 0.0182. The molecule has 1 amide bonds. The fraction of sp³-hybridized carbons (Fsp3) is 0.429. The molecule has 0 aliphatic rings. The SMILES string of the molecule is CCCCOC(=O)NCC(C(=O)O)c1ccccc1. The van der Waals surface area contributed by atoms with E-state index in [1.54, 1.807) is 24.3 Å². The van der Waals surface area contributed by atoms with Gasteiger partial charge in [-0.2, -0.15) is 0 Å². The van der Waals surface area contributed by atoms with Crippen LogP contribution in [0.4, 0.5) is 4.79 Å². The van der Waals surface area contributed by atoms with E-state index in [0.717, 1.165) is 12.8 Å². The van der Waals surface area contributed by atoms with Crippen molar-refractivity contribution in [3.05, 3.63) is 35.9 Å². The maximum Gasteiger partial charge on any atom is 0.407 e. The largest absolute Gasteiger partial charge is 0.481 e. The highest BCUT2D eigenvalue weighted by molar-refractivity contribution is 5.77. The van der Waals surface area contributed by atoms with Crippen molar-refractivity contribution in [2.45, 2.75) is 25.7 Å². The van der Waals surface area contributed by atoms with E-state index < -0.39 is 18.0 Å². The number of aliphatic carboxylic acids is 1. The molecule has 19 heavy (non-hydrogen) atoms. The van der Waals surface area contributed by atoms with E-state index in [-0.39, 0.29) is 6.54 Å². The van der Waals surface area contributed by atoms with Crippen LogP contribution >= 0.6 is 0 Å². The van der Waals surface area contributed by atoms with Crippen molar-refractivity contribution in [2.24, 2.45) is 0 Å². The Labute approximate surface area is 112 Å². The number of carboxylic acid groups (broad SMARTS) is 1. The summed E-state index contributed by atoms with van der Waals surface area (Å²) in [7, 11) is 0. The van der Waals surface area contributed by atoms with E-state index in [4.69, 9.17) is 9.84 Å². The van der Waals surface area contributed by atoms with Gasteiger partial charge in [-0.25, -0.2) is 4.79 Å². The van der Waals surface area contributed by atoms with Crippen molar-refractivity contribution in [3.8, 4) is 0 Å². The zero-order valence-corrected chi connectivity index (χ0v) is 11.0. The number of hydrogen-bond donors (Lipinski definition) is 2. The van der Waals surface area contributed by atoms with Gasteiger partial charge in [0.2, 0.25) is 0 Å². The van der Waals surface area contributed by atoms with Gasteiger partial charge in [0.25, 0.3) is 0 Å². The molecule has 1 unspecified atom stereocenters. The summed E-state index contributed by atoms with van der Waals surface area (Å²) in [6.07, 6.45) is 1.17. The molecule has 0 radical (unpaired) electrons. The first-order valence-corrected chi connectivity index (χ1v) is 6.33. The number of ether oxygens (including phenoxy) is 1. The number of carbonyl (C=O) groups is 2. The van der Waals surface area contributed by atoms with E-state index >= 15 is 0 Å². The third-order valence-electron chi connectivity index (χ3n) is 2.68. The Morgan fingerprint density at radius 2 is 2.00 bits per heavy atom. The topological polar surface area (TPSA) is 75.6 Å². The summed E-state index contributed by atoms with van der Waals surface area (Å²) >= 11 is 0. The Balaban J connectivity index is 2.47. The Morgan fingerprint density at radius 3 is 2.58 bits per heavy atom. The van der Waals surface area contributed by atoms with E-state index in [2.05, 4.69) is 5.32 Å². The number of unbranched alkanes of at least 4 members (excludes halogenated alkanes) is 1. The molecule has 0 aliphatic heterocycles. The molecular formula is C14H19NO4. The first-order valence-electron chi connectivity index (χ1n) is 6.33. The van der Waals surface area contributed by atoms with Gasteiger partial charge in [-0.3, -0.25) is 4.79 Å². The number of hydrogen-bond acceptors (Lipinski definition) is 3. The number of nitrogens with one attached hydrogen (secondary N) is 1. The number of rotatable bonds is 7. The van der Waals surface area contributed by atoms with Crippen molar-refractivity contribution in [3.63, 3.8) is 0 Å². The quantitative estimate of drug-likeness (QED) is 0.742. The molecule has 2 N–H and O–H groups in total. The number of carbonyl (C=O) groups excluding carboxylic acids is 1. The monoisotopic (exact) mass is 265 g/mol. The van der Waals surface area contributed by atoms with Crippen LogP contribution in [0, 0.1) is 0 Å². The standard InChI is InChI=1S/C14H19NO4/c1-2-3-9-19-14(18)15-10-12(13(16)17)11-7-5-4-6-8-11/h4-8,12H,2-3,9-10H2,1H3,(H,15,18)(H,16,17). The van der Waals surface area contributed by atoms with Crippen LogP contribution < -0.4 is 5.32 Å².